The summed E-state index contributed by atoms with van der Waals surface area (Å²) in [7, 11) is -2.58. The minimum absolute atomic E-state index is 0.0665. The molecule has 0 N–H and O–H groups in total. The highest BCUT2D eigenvalue weighted by Crippen LogP contribution is 2.28. The number of hydrogen-bond donors (Lipinski definition) is 0. The predicted octanol–water partition coefficient (Wildman–Crippen LogP) is 0.972. The number of fused-ring (bicyclic) bond motifs is 1. The molecule has 0 amide bonds. The quantitative estimate of drug-likeness (QED) is 0.775. The first-order valence-corrected chi connectivity index (χ1v) is 8.49. The van der Waals surface area contributed by atoms with Crippen molar-refractivity contribution >= 4 is 21.9 Å². The minimum Gasteiger partial charge on any atom is -0.465 e. The van der Waals surface area contributed by atoms with Crippen LogP contribution in [-0.4, -0.2) is 42.8 Å². The number of methoxy groups -OCH3 is 1. The van der Waals surface area contributed by atoms with Gasteiger partial charge in [-0.2, -0.15) is 10.1 Å². The van der Waals surface area contributed by atoms with E-state index in [1.54, 1.807) is 17.7 Å². The second-order valence-corrected chi connectivity index (χ2v) is 6.96. The smallest absolute Gasteiger partial charge is 0.338 e. The first kappa shape index (κ1) is 15.5. The van der Waals surface area contributed by atoms with Crippen LogP contribution in [0.5, 0.6) is 0 Å². The average Bonchev–Trinajstić information content (AvgIpc) is 3.02. The van der Waals surface area contributed by atoms with Crippen LogP contribution in [-0.2, 0) is 21.3 Å². The molecule has 1 aromatic carbocycles. The molecule has 122 valence electrons. The molecule has 1 aromatic heterocycles. The van der Waals surface area contributed by atoms with Crippen molar-refractivity contribution in [3.05, 3.63) is 35.7 Å². The maximum absolute atomic E-state index is 13.0. The summed E-state index contributed by atoms with van der Waals surface area (Å²) >= 11 is 0. The van der Waals surface area contributed by atoms with Gasteiger partial charge in [0.25, 0.3) is 10.0 Å². The van der Waals surface area contributed by atoms with E-state index in [4.69, 9.17) is 4.74 Å². The highest BCUT2D eigenvalue weighted by atomic mass is 32.2. The third-order valence-electron chi connectivity index (χ3n) is 3.81. The van der Waals surface area contributed by atoms with Crippen LogP contribution < -0.4 is 4.31 Å². The number of rotatable bonds is 3. The Kier molecular flexibility index (Phi) is 3.80. The van der Waals surface area contributed by atoms with Crippen molar-refractivity contribution in [1.29, 1.82) is 0 Å². The zero-order valence-corrected chi connectivity index (χ0v) is 13.6. The molecule has 3 rings (SSSR count). The van der Waals surface area contributed by atoms with Gasteiger partial charge in [0.05, 0.1) is 17.6 Å². The fourth-order valence-corrected chi connectivity index (χ4v) is 4.36. The fraction of sp³-hybridized carbons (Fsp3) is 0.357. The number of nitrogens with zero attached hydrogens (tertiary/aromatic N) is 4. The second kappa shape index (κ2) is 5.65. The van der Waals surface area contributed by atoms with Gasteiger partial charge in [-0.25, -0.2) is 22.2 Å². The Hall–Kier alpha value is -2.42. The van der Waals surface area contributed by atoms with Gasteiger partial charge in [-0.1, -0.05) is 6.07 Å². The van der Waals surface area contributed by atoms with Crippen molar-refractivity contribution in [2.24, 2.45) is 0 Å². The molecule has 8 nitrogen and oxygen atoms in total. The minimum atomic E-state index is -3.84. The summed E-state index contributed by atoms with van der Waals surface area (Å²) in [6.07, 6.45) is 1.98. The van der Waals surface area contributed by atoms with Crippen LogP contribution in [0.25, 0.3) is 0 Å². The van der Waals surface area contributed by atoms with Crippen molar-refractivity contribution in [2.75, 3.05) is 18.0 Å². The standard InChI is InChI=1S/C14H16N4O4S/c1-10-11(13(19)22-2)5-3-6-12(10)23(20,21)18-8-4-7-17-14(18)15-9-16-17/h3,5-6,9H,4,7-8H2,1-2H3. The number of sulfonamides is 1. The van der Waals surface area contributed by atoms with E-state index in [1.807, 2.05) is 0 Å². The lowest BCUT2D eigenvalue weighted by atomic mass is 10.1. The lowest BCUT2D eigenvalue weighted by Gasteiger charge is -2.27. The van der Waals surface area contributed by atoms with Gasteiger partial charge in [0.15, 0.2) is 0 Å². The molecule has 0 radical (unpaired) electrons. The van der Waals surface area contributed by atoms with Crippen molar-refractivity contribution in [3.63, 3.8) is 0 Å². The molecule has 1 aliphatic heterocycles. The van der Waals surface area contributed by atoms with Crippen LogP contribution in [0.15, 0.2) is 29.4 Å². The predicted molar refractivity (Wildman–Crippen MR) is 81.7 cm³/mol. The third-order valence-corrected chi connectivity index (χ3v) is 5.73. The second-order valence-electron chi connectivity index (χ2n) is 5.13. The maximum Gasteiger partial charge on any atom is 0.338 e. The van der Waals surface area contributed by atoms with E-state index in [2.05, 4.69) is 10.1 Å². The summed E-state index contributed by atoms with van der Waals surface area (Å²) in [5.41, 5.74) is 0.586. The molecule has 0 saturated heterocycles. The molecule has 0 fully saturated rings. The molecule has 1 aliphatic rings. The van der Waals surface area contributed by atoms with E-state index >= 15 is 0 Å². The van der Waals surface area contributed by atoms with Gasteiger partial charge in [-0.3, -0.25) is 0 Å². The summed E-state index contributed by atoms with van der Waals surface area (Å²) in [4.78, 5) is 15.9. The van der Waals surface area contributed by atoms with Crippen LogP contribution in [0.1, 0.15) is 22.3 Å². The van der Waals surface area contributed by atoms with Gasteiger partial charge in [-0.05, 0) is 31.0 Å². The Morgan fingerprint density at radius 1 is 1.30 bits per heavy atom. The molecule has 9 heteroatoms. The zero-order chi connectivity index (χ0) is 16.6. The van der Waals surface area contributed by atoms with Crippen molar-refractivity contribution < 1.29 is 17.9 Å². The van der Waals surface area contributed by atoms with Crippen LogP contribution in [0.3, 0.4) is 0 Å². The number of aromatic nitrogens is 3. The number of benzene rings is 1. The Morgan fingerprint density at radius 3 is 2.83 bits per heavy atom. The zero-order valence-electron chi connectivity index (χ0n) is 12.8. The van der Waals surface area contributed by atoms with Gasteiger partial charge >= 0.3 is 5.97 Å². The number of aryl methyl sites for hydroxylation is 1. The first-order chi connectivity index (χ1) is 11.0. The number of carbonyl (C=O) groups is 1. The van der Waals surface area contributed by atoms with Gasteiger partial charge in [-0.15, -0.1) is 0 Å². The monoisotopic (exact) mass is 336 g/mol. The lowest BCUT2D eigenvalue weighted by molar-refractivity contribution is 0.0599. The number of hydrogen-bond acceptors (Lipinski definition) is 6. The van der Waals surface area contributed by atoms with Crippen LogP contribution in [0.2, 0.25) is 0 Å². The number of esters is 1. The van der Waals surface area contributed by atoms with Crippen LogP contribution in [0.4, 0.5) is 5.95 Å². The van der Waals surface area contributed by atoms with E-state index in [-0.39, 0.29) is 10.5 Å². The molecular formula is C14H16N4O4S. The molecule has 0 atom stereocenters. The molecule has 0 bridgehead atoms. The molecule has 0 saturated carbocycles. The fourth-order valence-electron chi connectivity index (χ4n) is 2.64. The van der Waals surface area contributed by atoms with Crippen molar-refractivity contribution in [3.8, 4) is 0 Å². The topological polar surface area (TPSA) is 94.4 Å². The first-order valence-electron chi connectivity index (χ1n) is 7.05. The van der Waals surface area contributed by atoms with Crippen LogP contribution >= 0.6 is 0 Å². The normalized spacial score (nSPS) is 14.4. The van der Waals surface area contributed by atoms with E-state index < -0.39 is 16.0 Å². The summed E-state index contributed by atoms with van der Waals surface area (Å²) in [6, 6.07) is 4.55. The van der Waals surface area contributed by atoms with Gasteiger partial charge in [0.2, 0.25) is 5.95 Å². The van der Waals surface area contributed by atoms with E-state index in [1.165, 1.54) is 29.9 Å². The highest BCUT2D eigenvalue weighted by Gasteiger charge is 2.33. The van der Waals surface area contributed by atoms with E-state index in [0.717, 1.165) is 0 Å². The molecular weight excluding hydrogens is 320 g/mol. The number of carbonyl (C=O) groups excluding carboxylic acids is 1. The van der Waals surface area contributed by atoms with Crippen molar-refractivity contribution in [2.45, 2.75) is 24.8 Å². The van der Waals surface area contributed by atoms with Gasteiger partial charge < -0.3 is 4.74 Å². The van der Waals surface area contributed by atoms with Crippen LogP contribution in [0, 0.1) is 6.92 Å². The Bertz CT molecular complexity index is 859. The largest absolute Gasteiger partial charge is 0.465 e. The van der Waals surface area contributed by atoms with Gasteiger partial charge in [0, 0.05) is 13.1 Å². The Morgan fingerprint density at radius 2 is 2.09 bits per heavy atom. The lowest BCUT2D eigenvalue weighted by Crippen LogP contribution is -2.38. The summed E-state index contributed by atoms with van der Waals surface area (Å²) in [5, 5.41) is 4.02. The number of ether oxygens (including phenoxy) is 1. The summed E-state index contributed by atoms with van der Waals surface area (Å²) < 4.78 is 33.5. The summed E-state index contributed by atoms with van der Waals surface area (Å²) in [5.74, 6) is -0.277. The molecule has 0 aliphatic carbocycles. The van der Waals surface area contributed by atoms with E-state index in [0.29, 0.717) is 31.0 Å². The highest BCUT2D eigenvalue weighted by molar-refractivity contribution is 7.92. The van der Waals surface area contributed by atoms with E-state index in [9.17, 15) is 13.2 Å². The summed E-state index contributed by atoms with van der Waals surface area (Å²) in [6.45, 7) is 2.54. The SMILES string of the molecule is COC(=O)c1cccc(S(=O)(=O)N2CCCn3ncnc32)c1C. The molecule has 23 heavy (non-hydrogen) atoms. The Balaban J connectivity index is 2.11. The average molecular weight is 336 g/mol. The Labute approximate surface area is 133 Å². The molecule has 2 aromatic rings. The van der Waals surface area contributed by atoms with Gasteiger partial charge in [0.1, 0.15) is 6.33 Å². The maximum atomic E-state index is 13.0. The molecule has 0 unspecified atom stereocenters. The van der Waals surface area contributed by atoms with Crippen molar-refractivity contribution in [1.82, 2.24) is 14.8 Å². The number of anilines is 1. The third kappa shape index (κ3) is 2.46. The molecule has 2 heterocycles. The molecule has 0 spiro atoms.